The summed E-state index contributed by atoms with van der Waals surface area (Å²) in [5, 5.41) is 5.86. The molecule has 0 aliphatic carbocycles. The molecule has 0 heterocycles. The molecule has 0 atom stereocenters. The van der Waals surface area contributed by atoms with Crippen molar-refractivity contribution in [3.8, 4) is 0 Å². The number of carbonyl (C=O) groups excluding carboxylic acids is 1. The van der Waals surface area contributed by atoms with Gasteiger partial charge in [-0.15, -0.1) is 0 Å². The van der Waals surface area contributed by atoms with Crippen molar-refractivity contribution in [2.75, 3.05) is 15.4 Å². The first-order valence-corrected chi connectivity index (χ1v) is 10.1. The maximum atomic E-state index is 12.5. The van der Waals surface area contributed by atoms with Crippen LogP contribution in [0.1, 0.15) is 12.5 Å². The summed E-state index contributed by atoms with van der Waals surface area (Å²) in [5.74, 6) is -0.215. The standard InChI is InChI=1S/C21H21N3O3S/c1-15-3-5-18(6-4-15)23-19-7-9-20(10-8-19)24-28(26,27)21-13-11-17(12-14-21)22-16(2)25/h3-14,23-24H,1-2H3,(H,22,25). The lowest BCUT2D eigenvalue weighted by Gasteiger charge is -2.11. The van der Waals surface area contributed by atoms with Crippen molar-refractivity contribution >= 4 is 38.7 Å². The third-order valence-electron chi connectivity index (χ3n) is 3.96. The molecule has 3 rings (SSSR count). The summed E-state index contributed by atoms with van der Waals surface area (Å²) >= 11 is 0. The van der Waals surface area contributed by atoms with E-state index >= 15 is 0 Å². The van der Waals surface area contributed by atoms with Crippen LogP contribution in [0.5, 0.6) is 0 Å². The maximum Gasteiger partial charge on any atom is 0.261 e. The zero-order valence-electron chi connectivity index (χ0n) is 15.6. The fourth-order valence-electron chi connectivity index (χ4n) is 2.56. The van der Waals surface area contributed by atoms with E-state index in [9.17, 15) is 13.2 Å². The molecule has 1 amide bonds. The number of sulfonamides is 1. The Balaban J connectivity index is 1.68. The van der Waals surface area contributed by atoms with Gasteiger partial charge in [-0.3, -0.25) is 9.52 Å². The van der Waals surface area contributed by atoms with Crippen LogP contribution < -0.4 is 15.4 Å². The van der Waals surface area contributed by atoms with Gasteiger partial charge in [-0.05, 0) is 67.6 Å². The molecule has 7 heteroatoms. The molecule has 0 saturated heterocycles. The average molecular weight is 395 g/mol. The number of aryl methyl sites for hydroxylation is 1. The number of carbonyl (C=O) groups is 1. The summed E-state index contributed by atoms with van der Waals surface area (Å²) in [5.41, 5.74) is 3.99. The van der Waals surface area contributed by atoms with E-state index in [1.165, 1.54) is 24.6 Å². The second kappa shape index (κ2) is 8.14. The van der Waals surface area contributed by atoms with Crippen molar-refractivity contribution in [3.63, 3.8) is 0 Å². The Kier molecular flexibility index (Phi) is 5.65. The highest BCUT2D eigenvalue weighted by molar-refractivity contribution is 7.92. The van der Waals surface area contributed by atoms with Gasteiger partial charge in [0.25, 0.3) is 10.0 Å². The zero-order valence-corrected chi connectivity index (χ0v) is 16.4. The number of benzene rings is 3. The van der Waals surface area contributed by atoms with Gasteiger partial charge >= 0.3 is 0 Å². The highest BCUT2D eigenvalue weighted by atomic mass is 32.2. The molecule has 3 aromatic rings. The minimum atomic E-state index is -3.72. The summed E-state index contributed by atoms with van der Waals surface area (Å²) in [7, 11) is -3.72. The predicted octanol–water partition coefficient (Wildman–Crippen LogP) is 4.50. The first kappa shape index (κ1) is 19.4. The van der Waals surface area contributed by atoms with Gasteiger partial charge in [-0.2, -0.15) is 0 Å². The molecule has 0 aromatic heterocycles. The molecule has 3 N–H and O–H groups in total. The van der Waals surface area contributed by atoms with Crippen LogP contribution in [-0.4, -0.2) is 14.3 Å². The highest BCUT2D eigenvalue weighted by Gasteiger charge is 2.14. The highest BCUT2D eigenvalue weighted by Crippen LogP contribution is 2.22. The molecule has 28 heavy (non-hydrogen) atoms. The molecular formula is C21H21N3O3S. The molecule has 144 valence electrons. The van der Waals surface area contributed by atoms with Crippen LogP contribution in [0.4, 0.5) is 22.7 Å². The Hall–Kier alpha value is -3.32. The van der Waals surface area contributed by atoms with Gasteiger partial charge < -0.3 is 10.6 Å². The smallest absolute Gasteiger partial charge is 0.261 e. The molecule has 0 saturated carbocycles. The fraction of sp³-hybridized carbons (Fsp3) is 0.0952. The predicted molar refractivity (Wildman–Crippen MR) is 112 cm³/mol. The van der Waals surface area contributed by atoms with Gasteiger partial charge in [-0.1, -0.05) is 17.7 Å². The third-order valence-corrected chi connectivity index (χ3v) is 5.36. The van der Waals surface area contributed by atoms with Crippen molar-refractivity contribution in [1.82, 2.24) is 0 Å². The number of hydrogen-bond donors (Lipinski definition) is 3. The molecule has 0 unspecified atom stereocenters. The largest absolute Gasteiger partial charge is 0.356 e. The van der Waals surface area contributed by atoms with Gasteiger partial charge in [-0.25, -0.2) is 8.42 Å². The van der Waals surface area contributed by atoms with Crippen LogP contribution in [0.15, 0.2) is 77.7 Å². The lowest BCUT2D eigenvalue weighted by atomic mass is 10.2. The Morgan fingerprint density at radius 3 is 1.71 bits per heavy atom. The van der Waals surface area contributed by atoms with E-state index < -0.39 is 10.0 Å². The second-order valence-corrected chi connectivity index (χ2v) is 8.06. The van der Waals surface area contributed by atoms with Crippen molar-refractivity contribution in [3.05, 3.63) is 78.4 Å². The number of anilines is 4. The summed E-state index contributed by atoms with van der Waals surface area (Å²) in [6.45, 7) is 3.42. The van der Waals surface area contributed by atoms with Crippen molar-refractivity contribution in [2.24, 2.45) is 0 Å². The Morgan fingerprint density at radius 1 is 0.714 bits per heavy atom. The minimum absolute atomic E-state index is 0.114. The molecule has 0 aliphatic rings. The summed E-state index contributed by atoms with van der Waals surface area (Å²) in [4.78, 5) is 11.2. The fourth-order valence-corrected chi connectivity index (χ4v) is 3.62. The third kappa shape index (κ3) is 5.11. The normalized spacial score (nSPS) is 10.9. The molecule has 3 aromatic carbocycles. The van der Waals surface area contributed by atoms with Crippen LogP contribution in [-0.2, 0) is 14.8 Å². The first-order valence-electron chi connectivity index (χ1n) is 8.66. The van der Waals surface area contributed by atoms with Crippen molar-refractivity contribution < 1.29 is 13.2 Å². The van der Waals surface area contributed by atoms with E-state index in [4.69, 9.17) is 0 Å². The van der Waals surface area contributed by atoms with E-state index in [0.29, 0.717) is 11.4 Å². The Labute approximate surface area is 164 Å². The molecule has 0 bridgehead atoms. The van der Waals surface area contributed by atoms with Crippen LogP contribution >= 0.6 is 0 Å². The summed E-state index contributed by atoms with van der Waals surface area (Å²) < 4.78 is 27.6. The molecule has 0 spiro atoms. The lowest BCUT2D eigenvalue weighted by Crippen LogP contribution is -2.13. The van der Waals surface area contributed by atoms with E-state index in [1.54, 1.807) is 36.4 Å². The molecule has 0 fully saturated rings. The van der Waals surface area contributed by atoms with Gasteiger partial charge in [0.05, 0.1) is 4.90 Å². The van der Waals surface area contributed by atoms with E-state index in [2.05, 4.69) is 15.4 Å². The minimum Gasteiger partial charge on any atom is -0.356 e. The quantitative estimate of drug-likeness (QED) is 0.574. The molecule has 6 nitrogen and oxygen atoms in total. The number of hydrogen-bond acceptors (Lipinski definition) is 4. The Morgan fingerprint density at radius 2 is 1.18 bits per heavy atom. The average Bonchev–Trinajstić information content (AvgIpc) is 2.65. The second-order valence-electron chi connectivity index (χ2n) is 6.38. The van der Waals surface area contributed by atoms with Gasteiger partial charge in [0, 0.05) is 29.7 Å². The molecule has 0 radical (unpaired) electrons. The van der Waals surface area contributed by atoms with Gasteiger partial charge in [0.15, 0.2) is 0 Å². The monoisotopic (exact) mass is 395 g/mol. The summed E-state index contributed by atoms with van der Waals surface area (Å²) in [6.07, 6.45) is 0. The zero-order chi connectivity index (χ0) is 20.1. The topological polar surface area (TPSA) is 87.3 Å². The first-order chi connectivity index (χ1) is 13.3. The van der Waals surface area contributed by atoms with Gasteiger partial charge in [0.2, 0.25) is 5.91 Å². The van der Waals surface area contributed by atoms with Crippen LogP contribution in [0.2, 0.25) is 0 Å². The van der Waals surface area contributed by atoms with Crippen LogP contribution in [0.25, 0.3) is 0 Å². The Bertz CT molecular complexity index is 1060. The van der Waals surface area contributed by atoms with E-state index in [0.717, 1.165) is 11.4 Å². The van der Waals surface area contributed by atoms with Crippen molar-refractivity contribution in [1.29, 1.82) is 0 Å². The van der Waals surface area contributed by atoms with Crippen LogP contribution in [0.3, 0.4) is 0 Å². The molecular weight excluding hydrogens is 374 g/mol. The maximum absolute atomic E-state index is 12.5. The SMILES string of the molecule is CC(=O)Nc1ccc(S(=O)(=O)Nc2ccc(Nc3ccc(C)cc3)cc2)cc1. The lowest BCUT2D eigenvalue weighted by molar-refractivity contribution is -0.114. The number of rotatable bonds is 6. The summed E-state index contributed by atoms with van der Waals surface area (Å²) in [6, 6.07) is 21.0. The van der Waals surface area contributed by atoms with Gasteiger partial charge in [0.1, 0.15) is 0 Å². The number of amides is 1. The van der Waals surface area contributed by atoms with E-state index in [-0.39, 0.29) is 10.8 Å². The molecule has 0 aliphatic heterocycles. The van der Waals surface area contributed by atoms with Crippen molar-refractivity contribution in [2.45, 2.75) is 18.7 Å². The van der Waals surface area contributed by atoms with E-state index in [1.807, 2.05) is 31.2 Å². The number of nitrogens with one attached hydrogen (secondary N) is 3. The van der Waals surface area contributed by atoms with Crippen LogP contribution in [0, 0.1) is 6.92 Å².